The summed E-state index contributed by atoms with van der Waals surface area (Å²) < 4.78 is 12.5. The predicted octanol–water partition coefficient (Wildman–Crippen LogP) is 6.97. The fraction of sp³-hybridized carbons (Fsp3) is 0.364. The van der Waals surface area contributed by atoms with Gasteiger partial charge >= 0.3 is 0 Å². The average molecular weight is 443 g/mol. The molecule has 27 heavy (non-hydrogen) atoms. The molecule has 0 saturated heterocycles. The van der Waals surface area contributed by atoms with Crippen LogP contribution in [0.15, 0.2) is 73.8 Å². The minimum absolute atomic E-state index is 0. The van der Waals surface area contributed by atoms with Crippen molar-refractivity contribution in [1.82, 2.24) is 0 Å². The van der Waals surface area contributed by atoms with Crippen molar-refractivity contribution in [2.45, 2.75) is 51.5 Å². The normalized spacial score (nSPS) is 13.6. The Morgan fingerprint density at radius 2 is 1.37 bits per heavy atom. The van der Waals surface area contributed by atoms with E-state index in [2.05, 4.69) is 70.6 Å². The molecule has 2 unspecified atom stereocenters. The van der Waals surface area contributed by atoms with Crippen LogP contribution in [-0.4, -0.2) is 16.6 Å². The Balaban J connectivity index is 0.000000969. The molecule has 0 aliphatic rings. The Morgan fingerprint density at radius 3 is 1.74 bits per heavy atom. The maximum absolute atomic E-state index is 6.24. The van der Waals surface area contributed by atoms with Crippen LogP contribution in [0.3, 0.4) is 0 Å². The van der Waals surface area contributed by atoms with Gasteiger partial charge in [0.2, 0.25) is 0 Å². The molecule has 0 radical (unpaired) electrons. The molecule has 0 spiro atoms. The van der Waals surface area contributed by atoms with Gasteiger partial charge in [-0.05, 0) is 39.3 Å². The van der Waals surface area contributed by atoms with Gasteiger partial charge in [-0.3, -0.25) is 0 Å². The van der Waals surface area contributed by atoms with Crippen molar-refractivity contribution >= 4 is 16.6 Å². The van der Waals surface area contributed by atoms with E-state index in [4.69, 9.17) is 8.85 Å². The van der Waals surface area contributed by atoms with Gasteiger partial charge in [-0.1, -0.05) is 12.2 Å². The van der Waals surface area contributed by atoms with Gasteiger partial charge < -0.3 is 39.2 Å². The van der Waals surface area contributed by atoms with Crippen LogP contribution < -0.4 is 0 Å². The molecule has 2 atom stereocenters. The zero-order valence-corrected chi connectivity index (χ0v) is 20.6. The summed E-state index contributed by atoms with van der Waals surface area (Å²) >= 11 is 0. The van der Waals surface area contributed by atoms with Crippen molar-refractivity contribution in [3.8, 4) is 0 Å². The first-order valence-corrected chi connectivity index (χ1v) is 15.9. The van der Waals surface area contributed by atoms with E-state index in [0.29, 0.717) is 0 Å². The molecule has 156 valence electrons. The van der Waals surface area contributed by atoms with E-state index in [1.54, 1.807) is 0 Å². The summed E-state index contributed by atoms with van der Waals surface area (Å²) in [4.78, 5) is 0. The van der Waals surface area contributed by atoms with E-state index in [1.807, 2.05) is 42.5 Å². The van der Waals surface area contributed by atoms with Gasteiger partial charge in [0.15, 0.2) is 16.6 Å². The zero-order chi connectivity index (χ0) is 19.8. The summed E-state index contributed by atoms with van der Waals surface area (Å²) in [7, 11) is -3.28. The van der Waals surface area contributed by atoms with Crippen LogP contribution in [0.4, 0.5) is 0 Å². The van der Waals surface area contributed by atoms with Gasteiger partial charge in [0.25, 0.3) is 0 Å². The third kappa shape index (κ3) is 10.2. The smallest absolute Gasteiger partial charge is 0.184 e. The van der Waals surface area contributed by atoms with Gasteiger partial charge in [0, 0.05) is 23.2 Å². The van der Waals surface area contributed by atoms with E-state index < -0.39 is 16.6 Å². The van der Waals surface area contributed by atoms with E-state index in [0.717, 1.165) is 11.1 Å². The molecule has 0 saturated carbocycles. The monoisotopic (exact) mass is 442 g/mol. The Labute approximate surface area is 178 Å². The SMILES string of the molecule is C=CC(O[Si](C)(C)C)c1ccc[c-]1C(C=C)O[Si](C)(C)C.[Fe].[cH-]1[cH-][cH-][cH-][cH-]1. The third-order valence-electron chi connectivity index (χ3n) is 3.44. The van der Waals surface area contributed by atoms with Crippen molar-refractivity contribution in [3.63, 3.8) is 0 Å². The number of hydrogen-bond donors (Lipinski definition) is 0. The minimum Gasteiger partial charge on any atom is -0.748 e. The second-order valence-electron chi connectivity index (χ2n) is 8.17. The summed E-state index contributed by atoms with van der Waals surface area (Å²) in [5.41, 5.74) is 2.30. The standard InChI is InChI=1S/C17H29O2Si2.C5H5.Fe/c1-9-16(18-20(3,4)5)14-12-11-13-15(14)17(10-2)19-21(6,7)8;1-2-4-5-3-1;/h9-13,16-17H,1-2H2,3-8H3;1-5H;/q-1;-5;. The molecule has 2 aromatic rings. The first kappa shape index (κ1) is 26.1. The second kappa shape index (κ2) is 11.8. The Morgan fingerprint density at radius 1 is 0.889 bits per heavy atom. The molecule has 0 fully saturated rings. The number of rotatable bonds is 8. The van der Waals surface area contributed by atoms with Crippen molar-refractivity contribution in [1.29, 1.82) is 0 Å². The molecule has 2 aromatic carbocycles. The van der Waals surface area contributed by atoms with Gasteiger partial charge in [0.1, 0.15) is 0 Å². The molecular formula is C22H34FeO2Si2-6. The topological polar surface area (TPSA) is 18.5 Å². The van der Waals surface area contributed by atoms with Crippen LogP contribution in [0.1, 0.15) is 23.3 Å². The fourth-order valence-corrected chi connectivity index (χ4v) is 4.50. The molecular weight excluding hydrogens is 408 g/mol. The van der Waals surface area contributed by atoms with Gasteiger partial charge in [0.05, 0.1) is 6.10 Å². The van der Waals surface area contributed by atoms with E-state index in [9.17, 15) is 0 Å². The fourth-order valence-electron chi connectivity index (χ4n) is 2.53. The first-order chi connectivity index (χ1) is 12.1. The summed E-state index contributed by atoms with van der Waals surface area (Å²) in [5, 5.41) is 0. The van der Waals surface area contributed by atoms with E-state index in [-0.39, 0.29) is 29.3 Å². The molecule has 0 amide bonds. The predicted molar refractivity (Wildman–Crippen MR) is 119 cm³/mol. The van der Waals surface area contributed by atoms with Crippen LogP contribution in [0.25, 0.3) is 0 Å². The van der Waals surface area contributed by atoms with Crippen LogP contribution in [0.2, 0.25) is 39.3 Å². The molecule has 5 heteroatoms. The molecule has 2 nitrogen and oxygen atoms in total. The average Bonchev–Trinajstić information content (AvgIpc) is 3.22. The second-order valence-corrected chi connectivity index (χ2v) is 17.1. The third-order valence-corrected chi connectivity index (χ3v) is 5.36. The Bertz CT molecular complexity index is 589. The van der Waals surface area contributed by atoms with E-state index in [1.165, 1.54) is 0 Å². The minimum atomic E-state index is -1.64. The number of hydrogen-bond acceptors (Lipinski definition) is 2. The van der Waals surface area contributed by atoms with Crippen LogP contribution in [0, 0.1) is 0 Å². The van der Waals surface area contributed by atoms with Crippen LogP contribution in [-0.2, 0) is 25.9 Å². The van der Waals surface area contributed by atoms with Crippen LogP contribution in [0.5, 0.6) is 0 Å². The Kier molecular flexibility index (Phi) is 11.4. The van der Waals surface area contributed by atoms with Gasteiger partial charge in [-0.2, -0.15) is 6.07 Å². The summed E-state index contributed by atoms with van der Waals surface area (Å²) in [5.74, 6) is 0. The van der Waals surface area contributed by atoms with Crippen molar-refractivity contribution in [3.05, 3.63) is 85.0 Å². The summed E-state index contributed by atoms with van der Waals surface area (Å²) in [6.07, 6.45) is 3.61. The molecule has 0 aliphatic heterocycles. The van der Waals surface area contributed by atoms with Crippen molar-refractivity contribution in [2.24, 2.45) is 0 Å². The van der Waals surface area contributed by atoms with Crippen molar-refractivity contribution in [2.75, 3.05) is 0 Å². The maximum atomic E-state index is 6.24. The summed E-state index contributed by atoms with van der Waals surface area (Å²) in [6, 6.07) is 16.3. The van der Waals surface area contributed by atoms with Crippen molar-refractivity contribution < 1.29 is 25.9 Å². The quantitative estimate of drug-likeness (QED) is 0.250. The van der Waals surface area contributed by atoms with Crippen LogP contribution >= 0.6 is 0 Å². The Hall–Kier alpha value is -0.947. The molecule has 0 bridgehead atoms. The zero-order valence-electron chi connectivity index (χ0n) is 17.5. The first-order valence-electron chi connectivity index (χ1n) is 9.10. The molecule has 0 aromatic heterocycles. The van der Waals surface area contributed by atoms with Gasteiger partial charge in [-0.25, -0.2) is 12.1 Å². The molecule has 0 heterocycles. The summed E-state index contributed by atoms with van der Waals surface area (Å²) in [6.45, 7) is 21.0. The molecule has 0 aliphatic carbocycles. The molecule has 0 N–H and O–H groups in total. The molecule has 2 rings (SSSR count). The largest absolute Gasteiger partial charge is 0.748 e. The van der Waals surface area contributed by atoms with E-state index >= 15 is 0 Å². The van der Waals surface area contributed by atoms with Gasteiger partial charge in [-0.15, -0.1) is 24.3 Å². The maximum Gasteiger partial charge on any atom is 0.184 e.